The summed E-state index contributed by atoms with van der Waals surface area (Å²) in [6.07, 6.45) is 7.20. The molecule has 4 nitrogen and oxygen atoms in total. The minimum absolute atomic E-state index is 0.182. The van der Waals surface area contributed by atoms with Crippen molar-refractivity contribution >= 4 is 0 Å². The summed E-state index contributed by atoms with van der Waals surface area (Å²) in [6.45, 7) is 2.14. The van der Waals surface area contributed by atoms with Crippen molar-refractivity contribution in [1.82, 2.24) is 14.8 Å². The summed E-state index contributed by atoms with van der Waals surface area (Å²) < 4.78 is 1.89. The summed E-state index contributed by atoms with van der Waals surface area (Å²) in [5.41, 5.74) is 5.83. The molecule has 0 spiro atoms. The quantitative estimate of drug-likeness (QED) is 0.754. The normalized spacial score (nSPS) is 25.0. The lowest BCUT2D eigenvalue weighted by Gasteiger charge is -2.07. The van der Waals surface area contributed by atoms with Crippen molar-refractivity contribution in [1.29, 1.82) is 0 Å². The summed E-state index contributed by atoms with van der Waals surface area (Å²) in [5.74, 6) is 2.34. The highest BCUT2D eigenvalue weighted by Crippen LogP contribution is 2.26. The van der Waals surface area contributed by atoms with Crippen LogP contribution in [0.4, 0.5) is 0 Å². The first-order chi connectivity index (χ1) is 7.20. The highest BCUT2D eigenvalue weighted by Gasteiger charge is 2.22. The number of nitrogens with zero attached hydrogens (tertiary/aromatic N) is 3. The molecule has 0 aliphatic heterocycles. The predicted molar refractivity (Wildman–Crippen MR) is 59.5 cm³/mol. The lowest BCUT2D eigenvalue weighted by molar-refractivity contribution is 0.620. The molecule has 0 fully saturated rings. The Bertz CT molecular complexity index is 367. The van der Waals surface area contributed by atoms with Crippen molar-refractivity contribution in [2.45, 2.75) is 38.1 Å². The fourth-order valence-corrected chi connectivity index (χ4v) is 2.02. The van der Waals surface area contributed by atoms with Gasteiger partial charge in [0.2, 0.25) is 0 Å². The van der Waals surface area contributed by atoms with Crippen molar-refractivity contribution in [2.75, 3.05) is 0 Å². The van der Waals surface area contributed by atoms with E-state index in [0.29, 0.717) is 5.92 Å². The van der Waals surface area contributed by atoms with E-state index in [4.69, 9.17) is 5.73 Å². The summed E-state index contributed by atoms with van der Waals surface area (Å²) >= 11 is 0. The van der Waals surface area contributed by atoms with Crippen molar-refractivity contribution in [3.8, 4) is 0 Å². The van der Waals surface area contributed by atoms with Gasteiger partial charge in [-0.1, -0.05) is 19.1 Å². The maximum absolute atomic E-state index is 5.83. The van der Waals surface area contributed by atoms with Crippen LogP contribution in [0.2, 0.25) is 0 Å². The van der Waals surface area contributed by atoms with E-state index < -0.39 is 0 Å². The molecule has 1 aliphatic carbocycles. The molecule has 0 saturated carbocycles. The van der Waals surface area contributed by atoms with Gasteiger partial charge in [0.25, 0.3) is 0 Å². The topological polar surface area (TPSA) is 56.7 Å². The SMILES string of the molecule is CCCc1nc(C2C=CC(N)C2)n(C)n1. The molecule has 1 aromatic heterocycles. The van der Waals surface area contributed by atoms with Gasteiger partial charge < -0.3 is 5.73 Å². The van der Waals surface area contributed by atoms with Crippen LogP contribution in [0.3, 0.4) is 0 Å². The molecule has 82 valence electrons. The number of hydrogen-bond acceptors (Lipinski definition) is 3. The molecule has 2 N–H and O–H groups in total. The fourth-order valence-electron chi connectivity index (χ4n) is 2.02. The van der Waals surface area contributed by atoms with Crippen molar-refractivity contribution < 1.29 is 0 Å². The summed E-state index contributed by atoms with van der Waals surface area (Å²) in [5, 5.41) is 4.40. The Morgan fingerprint density at radius 3 is 2.93 bits per heavy atom. The van der Waals surface area contributed by atoms with Gasteiger partial charge in [0.05, 0.1) is 0 Å². The molecular formula is C11H18N4. The molecular weight excluding hydrogens is 188 g/mol. The van der Waals surface area contributed by atoms with Crippen LogP contribution in [0.5, 0.6) is 0 Å². The van der Waals surface area contributed by atoms with E-state index in [1.54, 1.807) is 0 Å². The maximum Gasteiger partial charge on any atom is 0.150 e. The lowest BCUT2D eigenvalue weighted by Crippen LogP contribution is -2.15. The van der Waals surface area contributed by atoms with Crippen LogP contribution >= 0.6 is 0 Å². The highest BCUT2D eigenvalue weighted by molar-refractivity contribution is 5.17. The molecule has 2 rings (SSSR count). The molecule has 0 bridgehead atoms. The van der Waals surface area contributed by atoms with Crippen LogP contribution in [-0.4, -0.2) is 20.8 Å². The molecule has 0 aromatic carbocycles. The van der Waals surface area contributed by atoms with Crippen LogP contribution in [-0.2, 0) is 13.5 Å². The number of aromatic nitrogens is 3. The van der Waals surface area contributed by atoms with Crippen LogP contribution < -0.4 is 5.73 Å². The Labute approximate surface area is 90.2 Å². The van der Waals surface area contributed by atoms with Crippen LogP contribution in [0, 0.1) is 0 Å². The van der Waals surface area contributed by atoms with Crippen molar-refractivity contribution in [2.24, 2.45) is 12.8 Å². The average Bonchev–Trinajstić information content (AvgIpc) is 2.73. The van der Waals surface area contributed by atoms with Crippen molar-refractivity contribution in [3.05, 3.63) is 23.8 Å². The van der Waals surface area contributed by atoms with Gasteiger partial charge in [-0.2, -0.15) is 5.10 Å². The number of nitrogens with two attached hydrogens (primary N) is 1. The molecule has 0 amide bonds. The standard InChI is InChI=1S/C11H18N4/c1-3-4-10-13-11(15(2)14-10)8-5-6-9(12)7-8/h5-6,8-9H,3-4,7,12H2,1-2H3. The van der Waals surface area contributed by atoms with E-state index in [-0.39, 0.29) is 6.04 Å². The Morgan fingerprint density at radius 2 is 2.33 bits per heavy atom. The van der Waals surface area contributed by atoms with Gasteiger partial charge >= 0.3 is 0 Å². The average molecular weight is 206 g/mol. The molecule has 1 heterocycles. The van der Waals surface area contributed by atoms with Crippen LogP contribution in [0.1, 0.15) is 37.3 Å². The van der Waals surface area contributed by atoms with Gasteiger partial charge in [-0.15, -0.1) is 0 Å². The molecule has 4 heteroatoms. The second-order valence-corrected chi connectivity index (χ2v) is 4.15. The van der Waals surface area contributed by atoms with E-state index in [0.717, 1.165) is 30.9 Å². The molecule has 2 unspecified atom stereocenters. The highest BCUT2D eigenvalue weighted by atomic mass is 15.3. The number of aryl methyl sites for hydroxylation is 2. The van der Waals surface area contributed by atoms with E-state index >= 15 is 0 Å². The van der Waals surface area contributed by atoms with E-state index in [1.807, 2.05) is 11.7 Å². The Morgan fingerprint density at radius 1 is 1.53 bits per heavy atom. The first kappa shape index (κ1) is 10.4. The lowest BCUT2D eigenvalue weighted by atomic mass is 10.1. The van der Waals surface area contributed by atoms with E-state index in [1.165, 1.54) is 0 Å². The maximum atomic E-state index is 5.83. The van der Waals surface area contributed by atoms with Gasteiger partial charge in [-0.05, 0) is 12.8 Å². The number of hydrogen-bond donors (Lipinski definition) is 1. The first-order valence-electron chi connectivity index (χ1n) is 5.54. The fraction of sp³-hybridized carbons (Fsp3) is 0.636. The molecule has 2 atom stereocenters. The zero-order valence-electron chi connectivity index (χ0n) is 9.35. The Hall–Kier alpha value is -1.16. The van der Waals surface area contributed by atoms with Gasteiger partial charge in [-0.3, -0.25) is 4.68 Å². The van der Waals surface area contributed by atoms with E-state index in [2.05, 4.69) is 29.2 Å². The monoisotopic (exact) mass is 206 g/mol. The first-order valence-corrected chi connectivity index (χ1v) is 5.54. The summed E-state index contributed by atoms with van der Waals surface area (Å²) in [7, 11) is 1.96. The third kappa shape index (κ3) is 2.09. The Balaban J connectivity index is 2.17. The third-order valence-electron chi connectivity index (χ3n) is 2.76. The Kier molecular flexibility index (Phi) is 2.86. The number of rotatable bonds is 3. The molecule has 0 saturated heterocycles. The second kappa shape index (κ2) is 4.14. The summed E-state index contributed by atoms with van der Waals surface area (Å²) in [4.78, 5) is 4.56. The zero-order chi connectivity index (χ0) is 10.8. The van der Waals surface area contributed by atoms with Crippen LogP contribution in [0.15, 0.2) is 12.2 Å². The zero-order valence-corrected chi connectivity index (χ0v) is 9.35. The minimum Gasteiger partial charge on any atom is -0.324 e. The minimum atomic E-state index is 0.182. The molecule has 0 radical (unpaired) electrons. The van der Waals surface area contributed by atoms with Gasteiger partial charge in [0, 0.05) is 25.4 Å². The van der Waals surface area contributed by atoms with Crippen LogP contribution in [0.25, 0.3) is 0 Å². The summed E-state index contributed by atoms with van der Waals surface area (Å²) in [6, 6.07) is 0.182. The smallest absolute Gasteiger partial charge is 0.150 e. The van der Waals surface area contributed by atoms with Gasteiger partial charge in [0.15, 0.2) is 5.82 Å². The van der Waals surface area contributed by atoms with Crippen molar-refractivity contribution in [3.63, 3.8) is 0 Å². The molecule has 1 aliphatic rings. The number of allylic oxidation sites excluding steroid dienone is 1. The largest absolute Gasteiger partial charge is 0.324 e. The second-order valence-electron chi connectivity index (χ2n) is 4.15. The van der Waals surface area contributed by atoms with Gasteiger partial charge in [-0.25, -0.2) is 4.98 Å². The third-order valence-corrected chi connectivity index (χ3v) is 2.76. The van der Waals surface area contributed by atoms with Gasteiger partial charge in [0.1, 0.15) is 5.82 Å². The predicted octanol–water partition coefficient (Wildman–Crippen LogP) is 1.14. The van der Waals surface area contributed by atoms with E-state index in [9.17, 15) is 0 Å². The molecule has 15 heavy (non-hydrogen) atoms. The molecule has 1 aromatic rings.